The Balaban J connectivity index is 0.976. The zero-order valence-electron chi connectivity index (χ0n) is 37.1. The summed E-state index contributed by atoms with van der Waals surface area (Å²) in [5.74, 6) is 0.631. The van der Waals surface area contributed by atoms with Crippen LogP contribution in [0.1, 0.15) is 68.7 Å². The van der Waals surface area contributed by atoms with Crippen LogP contribution in [-0.4, -0.2) is 0 Å². The zero-order valence-corrected chi connectivity index (χ0v) is 37.1. The summed E-state index contributed by atoms with van der Waals surface area (Å²) in [6.45, 7) is 7.22. The molecule has 0 bridgehead atoms. The van der Waals surface area contributed by atoms with E-state index >= 15 is 0 Å². The summed E-state index contributed by atoms with van der Waals surface area (Å²) in [6.07, 6.45) is 4.75. The number of nitrogens with zero attached hydrogens (tertiary/aromatic N) is 2. The van der Waals surface area contributed by atoms with E-state index in [4.69, 9.17) is 0 Å². The third-order valence-electron chi connectivity index (χ3n) is 14.4. The number of fused-ring (bicyclic) bond motifs is 4. The van der Waals surface area contributed by atoms with Crippen LogP contribution >= 0.6 is 0 Å². The van der Waals surface area contributed by atoms with Crippen molar-refractivity contribution in [3.8, 4) is 22.3 Å². The first kappa shape index (κ1) is 39.7. The first-order chi connectivity index (χ1) is 31.4. The molecule has 9 aromatic rings. The van der Waals surface area contributed by atoms with E-state index in [1.54, 1.807) is 0 Å². The molecule has 0 N–H and O–H groups in total. The van der Waals surface area contributed by atoms with Gasteiger partial charge in [-0.25, -0.2) is 0 Å². The van der Waals surface area contributed by atoms with Gasteiger partial charge in [-0.15, -0.1) is 0 Å². The van der Waals surface area contributed by atoms with Gasteiger partial charge in [0.15, 0.2) is 0 Å². The van der Waals surface area contributed by atoms with Crippen LogP contribution in [0.25, 0.3) is 33.0 Å². The molecule has 2 unspecified atom stereocenters. The highest BCUT2D eigenvalue weighted by Gasteiger charge is 2.40. The van der Waals surface area contributed by atoms with Crippen LogP contribution in [0.5, 0.6) is 0 Å². The Morgan fingerprint density at radius 3 is 1.67 bits per heavy atom. The molecule has 64 heavy (non-hydrogen) atoms. The summed E-state index contributed by atoms with van der Waals surface area (Å²) in [5, 5.41) is 2.48. The lowest BCUT2D eigenvalue weighted by atomic mass is 9.62. The lowest BCUT2D eigenvalue weighted by Crippen LogP contribution is -2.33. The Morgan fingerprint density at radius 2 is 1.00 bits per heavy atom. The van der Waals surface area contributed by atoms with Gasteiger partial charge in [-0.05, 0) is 135 Å². The molecule has 2 aliphatic rings. The van der Waals surface area contributed by atoms with Crippen LogP contribution in [0.15, 0.2) is 218 Å². The van der Waals surface area contributed by atoms with E-state index in [0.29, 0.717) is 5.92 Å². The first-order valence-electron chi connectivity index (χ1n) is 23.1. The second-order valence-corrected chi connectivity index (χ2v) is 18.7. The van der Waals surface area contributed by atoms with E-state index in [9.17, 15) is 0 Å². The number of hydrogen-bond acceptors (Lipinski definition) is 2. The number of para-hydroxylation sites is 2. The molecule has 1 saturated carbocycles. The van der Waals surface area contributed by atoms with Gasteiger partial charge in [0.25, 0.3) is 0 Å². The fourth-order valence-electron chi connectivity index (χ4n) is 11.3. The minimum absolute atomic E-state index is 0.0802. The number of rotatable bonds is 9. The Labute approximate surface area is 379 Å². The normalized spacial score (nSPS) is 17.4. The van der Waals surface area contributed by atoms with Crippen molar-refractivity contribution >= 4 is 44.9 Å². The highest BCUT2D eigenvalue weighted by atomic mass is 15.1. The van der Waals surface area contributed by atoms with Crippen LogP contribution < -0.4 is 9.80 Å². The maximum absolute atomic E-state index is 2.45. The van der Waals surface area contributed by atoms with E-state index in [1.165, 1.54) is 79.5 Å². The van der Waals surface area contributed by atoms with Crippen molar-refractivity contribution in [3.05, 3.63) is 241 Å². The second kappa shape index (κ2) is 16.2. The molecule has 312 valence electrons. The maximum Gasteiger partial charge on any atom is 0.0540 e. The lowest BCUT2D eigenvalue weighted by molar-refractivity contribution is 0.272. The largest absolute Gasteiger partial charge is 0.310 e. The van der Waals surface area contributed by atoms with Gasteiger partial charge in [0.1, 0.15) is 0 Å². The van der Waals surface area contributed by atoms with Crippen molar-refractivity contribution < 1.29 is 0 Å². The molecular weight excluding hydrogens is 773 g/mol. The molecule has 0 radical (unpaired) electrons. The molecule has 2 nitrogen and oxygen atoms in total. The van der Waals surface area contributed by atoms with E-state index in [1.807, 2.05) is 0 Å². The molecule has 0 saturated heterocycles. The summed E-state index contributed by atoms with van der Waals surface area (Å²) in [5.41, 5.74) is 17.6. The highest BCUT2D eigenvalue weighted by Crippen LogP contribution is 2.54. The van der Waals surface area contributed by atoms with Gasteiger partial charge in [-0.1, -0.05) is 185 Å². The Bertz CT molecular complexity index is 3080. The van der Waals surface area contributed by atoms with Gasteiger partial charge in [-0.2, -0.15) is 0 Å². The maximum atomic E-state index is 2.45. The average molecular weight is 827 g/mol. The summed E-state index contributed by atoms with van der Waals surface area (Å²) in [4.78, 5) is 4.86. The van der Waals surface area contributed by atoms with E-state index in [0.717, 1.165) is 35.6 Å². The molecule has 2 atom stereocenters. The molecule has 11 rings (SSSR count). The topological polar surface area (TPSA) is 6.48 Å². The van der Waals surface area contributed by atoms with Crippen molar-refractivity contribution in [2.24, 2.45) is 5.92 Å². The monoisotopic (exact) mass is 826 g/mol. The van der Waals surface area contributed by atoms with Crippen LogP contribution in [-0.2, 0) is 10.8 Å². The van der Waals surface area contributed by atoms with Gasteiger partial charge < -0.3 is 9.80 Å². The van der Waals surface area contributed by atoms with Crippen molar-refractivity contribution in [2.75, 3.05) is 9.80 Å². The Hall–Kier alpha value is -7.16. The predicted octanol–water partition coefficient (Wildman–Crippen LogP) is 17.2. The van der Waals surface area contributed by atoms with E-state index in [-0.39, 0.29) is 10.8 Å². The summed E-state index contributed by atoms with van der Waals surface area (Å²) >= 11 is 0. The van der Waals surface area contributed by atoms with Gasteiger partial charge in [0, 0.05) is 44.7 Å². The van der Waals surface area contributed by atoms with Gasteiger partial charge in [0.2, 0.25) is 0 Å². The number of benzene rings is 9. The molecule has 0 aliphatic heterocycles. The minimum atomic E-state index is -0.149. The Morgan fingerprint density at radius 1 is 0.453 bits per heavy atom. The molecule has 2 aliphatic carbocycles. The number of anilines is 6. The fraction of sp³-hybridized carbons (Fsp3) is 0.161. The molecule has 0 amide bonds. The highest BCUT2D eigenvalue weighted by molar-refractivity contribution is 5.99. The van der Waals surface area contributed by atoms with Crippen LogP contribution in [0.3, 0.4) is 0 Å². The SMILES string of the molecule is CC1CCCC(c2ccc(N(c3ccccc3)c3ccc4c(c3)C(C)(C)c3cccc(-c5ccccc5)c3-4)cc2)(c2ccc(N(c3ccccc3)c3cccc4ccccc34)cc2)C1. The molecule has 0 aromatic heterocycles. The smallest absolute Gasteiger partial charge is 0.0540 e. The number of hydrogen-bond donors (Lipinski definition) is 0. The van der Waals surface area contributed by atoms with E-state index < -0.39 is 0 Å². The summed E-state index contributed by atoms with van der Waals surface area (Å²) < 4.78 is 0. The molecular formula is C62H54N2. The van der Waals surface area contributed by atoms with Gasteiger partial charge in [-0.3, -0.25) is 0 Å². The van der Waals surface area contributed by atoms with Crippen molar-refractivity contribution in [3.63, 3.8) is 0 Å². The fourth-order valence-corrected chi connectivity index (χ4v) is 11.3. The van der Waals surface area contributed by atoms with Gasteiger partial charge in [0.05, 0.1) is 5.69 Å². The molecule has 0 spiro atoms. The minimum Gasteiger partial charge on any atom is -0.310 e. The summed E-state index contributed by atoms with van der Waals surface area (Å²) in [6, 6.07) is 81.0. The van der Waals surface area contributed by atoms with Gasteiger partial charge >= 0.3 is 0 Å². The standard InChI is InChI=1S/C62H54N2/c1-44-18-17-41-62(43-44,48-33-37-52(38-34-48)64(50-25-11-6-12-26-50)59-30-15-22-45-21-13-14-27-54(45)59)47-31-35-51(36-32-47)63(49-23-9-5-10-24-49)53-39-40-56-58(42-53)61(2,3)57-29-16-28-55(60(56)57)46-19-7-4-8-20-46/h4-16,19-40,42,44H,17-18,41,43H2,1-3H3. The van der Waals surface area contributed by atoms with Crippen molar-refractivity contribution in [1.29, 1.82) is 0 Å². The third-order valence-corrected chi connectivity index (χ3v) is 14.4. The van der Waals surface area contributed by atoms with Crippen molar-refractivity contribution in [2.45, 2.75) is 57.3 Å². The molecule has 9 aromatic carbocycles. The van der Waals surface area contributed by atoms with E-state index in [2.05, 4.69) is 249 Å². The molecule has 1 fully saturated rings. The third kappa shape index (κ3) is 6.81. The van der Waals surface area contributed by atoms with Crippen LogP contribution in [0.4, 0.5) is 34.1 Å². The molecule has 2 heteroatoms. The Kier molecular flexibility index (Phi) is 10.0. The van der Waals surface area contributed by atoms with Crippen LogP contribution in [0, 0.1) is 5.92 Å². The summed E-state index contributed by atoms with van der Waals surface area (Å²) in [7, 11) is 0. The zero-order chi connectivity index (χ0) is 43.3. The van der Waals surface area contributed by atoms with Crippen molar-refractivity contribution in [1.82, 2.24) is 0 Å². The predicted molar refractivity (Wildman–Crippen MR) is 271 cm³/mol. The lowest BCUT2D eigenvalue weighted by Gasteiger charge is -2.42. The van der Waals surface area contributed by atoms with Crippen LogP contribution in [0.2, 0.25) is 0 Å². The average Bonchev–Trinajstić information content (AvgIpc) is 3.58. The second-order valence-electron chi connectivity index (χ2n) is 18.7. The molecule has 0 heterocycles. The first-order valence-corrected chi connectivity index (χ1v) is 23.1. The quantitative estimate of drug-likeness (QED) is 0.143.